The number of hydrogen-bond acceptors (Lipinski definition) is 9. The largest absolute Gasteiger partial charge is 0.446 e. The van der Waals surface area contributed by atoms with Gasteiger partial charge in [0.2, 0.25) is 11.8 Å². The second kappa shape index (κ2) is 8.91. The smallest absolute Gasteiger partial charge is 0.418 e. The summed E-state index contributed by atoms with van der Waals surface area (Å²) in [6.45, 7) is 3.28. The van der Waals surface area contributed by atoms with Crippen LogP contribution in [-0.2, 0) is 10.4 Å². The zero-order valence-electron chi connectivity index (χ0n) is 16.3. The minimum Gasteiger partial charge on any atom is -0.418 e. The first kappa shape index (κ1) is 22.5. The molecule has 31 heavy (non-hydrogen) atoms. The average molecular weight is 465 g/mol. The van der Waals surface area contributed by atoms with E-state index in [2.05, 4.69) is 19.7 Å². The Hall–Kier alpha value is -3.17. The van der Waals surface area contributed by atoms with Gasteiger partial charge in [-0.3, -0.25) is 4.55 Å². The van der Waals surface area contributed by atoms with Crippen molar-refractivity contribution in [2.45, 2.75) is 26.0 Å². The lowest BCUT2D eigenvalue weighted by molar-refractivity contribution is 0.159. The Morgan fingerprint density at radius 1 is 1.23 bits per heavy atom. The van der Waals surface area contributed by atoms with Crippen LogP contribution in [0, 0.1) is 18.3 Å². The molecule has 0 bridgehead atoms. The standard InChI is InChI=1S/C19H17ClN4O6S/c1-10-15(8-5-13(9-21)16(10)20)22-17(11(2)25)19-24-23-18(29-19)12-3-6-14(7-4-12)30-31(26,27)28/h3-8,11,17,22,25H,1-2H3,(H,26,27,28). The zero-order chi connectivity index (χ0) is 22.8. The van der Waals surface area contributed by atoms with Crippen molar-refractivity contribution >= 4 is 27.7 Å². The van der Waals surface area contributed by atoms with Crippen LogP contribution in [0.25, 0.3) is 11.5 Å². The topological polar surface area (TPSA) is 159 Å². The van der Waals surface area contributed by atoms with Gasteiger partial charge in [-0.05, 0) is 55.8 Å². The highest BCUT2D eigenvalue weighted by Gasteiger charge is 2.25. The van der Waals surface area contributed by atoms with Gasteiger partial charge in [0, 0.05) is 11.3 Å². The van der Waals surface area contributed by atoms with Crippen LogP contribution >= 0.6 is 11.6 Å². The molecule has 1 heterocycles. The number of aromatic nitrogens is 2. The van der Waals surface area contributed by atoms with Gasteiger partial charge >= 0.3 is 10.4 Å². The molecule has 12 heteroatoms. The first-order valence-electron chi connectivity index (χ1n) is 8.83. The second-order valence-electron chi connectivity index (χ2n) is 6.55. The maximum atomic E-state index is 10.8. The van der Waals surface area contributed by atoms with Crippen molar-refractivity contribution in [2.75, 3.05) is 5.32 Å². The lowest BCUT2D eigenvalue weighted by atomic mass is 10.1. The van der Waals surface area contributed by atoms with Crippen LogP contribution in [0.2, 0.25) is 5.02 Å². The predicted molar refractivity (Wildman–Crippen MR) is 111 cm³/mol. The molecule has 2 unspecified atom stereocenters. The Morgan fingerprint density at radius 2 is 1.90 bits per heavy atom. The molecular weight excluding hydrogens is 448 g/mol. The lowest BCUT2D eigenvalue weighted by Crippen LogP contribution is -2.23. The van der Waals surface area contributed by atoms with Gasteiger partial charge in [-0.15, -0.1) is 10.2 Å². The van der Waals surface area contributed by atoms with Gasteiger partial charge in [0.05, 0.1) is 16.7 Å². The summed E-state index contributed by atoms with van der Waals surface area (Å²) >= 11 is 6.20. The van der Waals surface area contributed by atoms with Gasteiger partial charge < -0.3 is 19.0 Å². The molecule has 0 aliphatic heterocycles. The SMILES string of the molecule is Cc1c(NC(c2nnc(-c3ccc(OS(=O)(=O)O)cc3)o2)C(C)O)ccc(C#N)c1Cl. The summed E-state index contributed by atoms with van der Waals surface area (Å²) < 4.78 is 40.3. The Morgan fingerprint density at radius 3 is 2.48 bits per heavy atom. The minimum absolute atomic E-state index is 0.0947. The lowest BCUT2D eigenvalue weighted by Gasteiger charge is -2.21. The average Bonchev–Trinajstić information content (AvgIpc) is 3.18. The monoisotopic (exact) mass is 464 g/mol. The number of nitrogens with one attached hydrogen (secondary N) is 1. The summed E-state index contributed by atoms with van der Waals surface area (Å²) in [5.41, 5.74) is 2.00. The first-order chi connectivity index (χ1) is 14.6. The van der Waals surface area contributed by atoms with Gasteiger partial charge in [-0.25, -0.2) is 0 Å². The molecule has 162 valence electrons. The van der Waals surface area contributed by atoms with Gasteiger partial charge in [-0.2, -0.15) is 13.7 Å². The molecule has 0 spiro atoms. The summed E-state index contributed by atoms with van der Waals surface area (Å²) in [5, 5.41) is 30.7. The number of benzene rings is 2. The third kappa shape index (κ3) is 5.31. The number of halogens is 1. The van der Waals surface area contributed by atoms with Crippen LogP contribution in [0.5, 0.6) is 5.75 Å². The summed E-state index contributed by atoms with van der Waals surface area (Å²) in [6.07, 6.45) is -0.923. The van der Waals surface area contributed by atoms with Crippen molar-refractivity contribution < 1.29 is 26.7 Å². The van der Waals surface area contributed by atoms with Crippen LogP contribution in [0.15, 0.2) is 40.8 Å². The summed E-state index contributed by atoms with van der Waals surface area (Å²) in [5.74, 6) is 0.126. The first-order valence-corrected chi connectivity index (χ1v) is 10.6. The number of nitrogens with zero attached hydrogens (tertiary/aromatic N) is 3. The van der Waals surface area contributed by atoms with Crippen molar-refractivity contribution in [2.24, 2.45) is 0 Å². The molecule has 0 saturated carbocycles. The number of nitriles is 1. The number of hydrogen-bond donors (Lipinski definition) is 3. The van der Waals surface area contributed by atoms with E-state index < -0.39 is 22.5 Å². The molecule has 1 aromatic heterocycles. The van der Waals surface area contributed by atoms with E-state index in [1.54, 1.807) is 26.0 Å². The fourth-order valence-electron chi connectivity index (χ4n) is 2.74. The highest BCUT2D eigenvalue weighted by Crippen LogP contribution is 2.31. The van der Waals surface area contributed by atoms with Crippen molar-refractivity contribution in [1.29, 1.82) is 5.26 Å². The van der Waals surface area contributed by atoms with Crippen molar-refractivity contribution in [1.82, 2.24) is 10.2 Å². The number of anilines is 1. The van der Waals surface area contributed by atoms with Crippen LogP contribution in [0.1, 0.15) is 30.0 Å². The van der Waals surface area contributed by atoms with E-state index in [-0.39, 0.29) is 17.5 Å². The second-order valence-corrected chi connectivity index (χ2v) is 7.96. The molecule has 0 aliphatic carbocycles. The Labute approximate surface area is 183 Å². The normalized spacial score (nSPS) is 13.3. The van der Waals surface area contributed by atoms with E-state index in [9.17, 15) is 13.5 Å². The minimum atomic E-state index is -4.63. The maximum Gasteiger partial charge on any atom is 0.446 e. The van der Waals surface area contributed by atoms with Crippen molar-refractivity contribution in [3.8, 4) is 23.3 Å². The van der Waals surface area contributed by atoms with Gasteiger partial charge in [0.25, 0.3) is 0 Å². The molecule has 0 saturated heterocycles. The van der Waals surface area contributed by atoms with Gasteiger partial charge in [0.15, 0.2) is 0 Å². The fraction of sp³-hybridized carbons (Fsp3) is 0.211. The molecule has 3 N–H and O–H groups in total. The molecule has 3 aromatic rings. The van der Waals surface area contributed by atoms with E-state index >= 15 is 0 Å². The molecule has 2 atom stereocenters. The molecule has 0 aliphatic rings. The number of aliphatic hydroxyl groups excluding tert-OH is 1. The third-order valence-corrected chi connectivity index (χ3v) is 5.20. The Bertz CT molecular complexity index is 1240. The molecule has 0 fully saturated rings. The molecule has 10 nitrogen and oxygen atoms in total. The van der Waals surface area contributed by atoms with E-state index in [1.165, 1.54) is 24.3 Å². The van der Waals surface area contributed by atoms with Crippen LogP contribution in [-0.4, -0.2) is 34.4 Å². The summed E-state index contributed by atoms with van der Waals surface area (Å²) in [6, 6.07) is 10.0. The van der Waals surface area contributed by atoms with Crippen molar-refractivity contribution in [3.05, 3.63) is 58.4 Å². The van der Waals surface area contributed by atoms with Gasteiger partial charge in [0.1, 0.15) is 17.9 Å². The summed E-state index contributed by atoms with van der Waals surface area (Å²) in [7, 11) is -4.63. The van der Waals surface area contributed by atoms with Gasteiger partial charge in [-0.1, -0.05) is 11.6 Å². The van der Waals surface area contributed by atoms with Crippen LogP contribution in [0.3, 0.4) is 0 Å². The van der Waals surface area contributed by atoms with E-state index in [4.69, 9.17) is 25.8 Å². The van der Waals surface area contributed by atoms with Crippen LogP contribution < -0.4 is 9.50 Å². The van der Waals surface area contributed by atoms with Crippen molar-refractivity contribution in [3.63, 3.8) is 0 Å². The number of aliphatic hydroxyl groups is 1. The fourth-order valence-corrected chi connectivity index (χ4v) is 3.30. The molecule has 0 amide bonds. The maximum absolute atomic E-state index is 10.8. The highest BCUT2D eigenvalue weighted by atomic mass is 35.5. The molecule has 3 rings (SSSR count). The third-order valence-electron chi connectivity index (χ3n) is 4.31. The Kier molecular flexibility index (Phi) is 6.47. The summed E-state index contributed by atoms with van der Waals surface area (Å²) in [4.78, 5) is 0. The Balaban J connectivity index is 1.85. The molecule has 2 aromatic carbocycles. The molecule has 0 radical (unpaired) electrons. The molecular formula is C19H17ClN4O6S. The highest BCUT2D eigenvalue weighted by molar-refractivity contribution is 7.81. The quantitative estimate of drug-likeness (QED) is 0.443. The predicted octanol–water partition coefficient (Wildman–Crippen LogP) is 3.29. The van der Waals surface area contributed by atoms with Crippen LogP contribution in [0.4, 0.5) is 5.69 Å². The number of rotatable bonds is 7. The van der Waals surface area contributed by atoms with E-state index in [0.29, 0.717) is 27.4 Å². The van der Waals surface area contributed by atoms with E-state index in [1.807, 2.05) is 6.07 Å². The zero-order valence-corrected chi connectivity index (χ0v) is 17.8. The van der Waals surface area contributed by atoms with E-state index in [0.717, 1.165) is 0 Å².